The van der Waals surface area contributed by atoms with Gasteiger partial charge in [-0.05, 0) is 48.6 Å². The molecule has 1 amide bonds. The standard InChI is InChI=1S/C21H23NO3/c1-25-21(24)19-12-10-18(11-13-19)20(23)22(15-17-8-5-9-17)14-16-6-3-2-4-7-16/h2-4,6-7,10-13,17H,5,8-9,14-15H2,1H3. The van der Waals surface area contributed by atoms with Gasteiger partial charge in [-0.3, -0.25) is 4.79 Å². The topological polar surface area (TPSA) is 46.6 Å². The van der Waals surface area contributed by atoms with Crippen molar-refractivity contribution in [3.05, 3.63) is 71.3 Å². The van der Waals surface area contributed by atoms with Crippen molar-refractivity contribution in [3.63, 3.8) is 0 Å². The molecule has 0 unspecified atom stereocenters. The number of benzene rings is 2. The quantitative estimate of drug-likeness (QED) is 0.751. The maximum Gasteiger partial charge on any atom is 0.337 e. The lowest BCUT2D eigenvalue weighted by molar-refractivity contribution is 0.0599. The molecule has 1 aliphatic carbocycles. The van der Waals surface area contributed by atoms with Gasteiger partial charge in [0, 0.05) is 18.7 Å². The number of methoxy groups -OCH3 is 1. The minimum absolute atomic E-state index is 0.00664. The van der Waals surface area contributed by atoms with Crippen molar-refractivity contribution in [2.45, 2.75) is 25.8 Å². The summed E-state index contributed by atoms with van der Waals surface area (Å²) in [4.78, 5) is 26.5. The van der Waals surface area contributed by atoms with Crippen molar-refractivity contribution >= 4 is 11.9 Å². The summed E-state index contributed by atoms with van der Waals surface area (Å²) >= 11 is 0. The Kier molecular flexibility index (Phi) is 5.49. The molecule has 0 saturated heterocycles. The summed E-state index contributed by atoms with van der Waals surface area (Å²) in [6.07, 6.45) is 3.64. The van der Waals surface area contributed by atoms with Gasteiger partial charge in [-0.15, -0.1) is 0 Å². The van der Waals surface area contributed by atoms with E-state index >= 15 is 0 Å². The highest BCUT2D eigenvalue weighted by molar-refractivity contribution is 5.96. The highest BCUT2D eigenvalue weighted by atomic mass is 16.5. The molecule has 0 bridgehead atoms. The second kappa shape index (κ2) is 7.97. The van der Waals surface area contributed by atoms with E-state index < -0.39 is 5.97 Å². The van der Waals surface area contributed by atoms with Gasteiger partial charge in [0.05, 0.1) is 12.7 Å². The minimum atomic E-state index is -0.394. The van der Waals surface area contributed by atoms with Crippen LogP contribution in [0.1, 0.15) is 45.5 Å². The molecule has 130 valence electrons. The summed E-state index contributed by atoms with van der Waals surface area (Å²) < 4.78 is 4.70. The molecule has 2 aromatic rings. The lowest BCUT2D eigenvalue weighted by atomic mass is 9.85. The summed E-state index contributed by atoms with van der Waals surface area (Å²) in [6, 6.07) is 16.7. The molecular formula is C21H23NO3. The Labute approximate surface area is 148 Å². The van der Waals surface area contributed by atoms with E-state index in [1.165, 1.54) is 26.4 Å². The summed E-state index contributed by atoms with van der Waals surface area (Å²) in [6.45, 7) is 1.39. The lowest BCUT2D eigenvalue weighted by Crippen LogP contribution is -2.37. The van der Waals surface area contributed by atoms with E-state index in [4.69, 9.17) is 4.74 Å². The smallest absolute Gasteiger partial charge is 0.337 e. The van der Waals surface area contributed by atoms with Gasteiger partial charge in [0.1, 0.15) is 0 Å². The average Bonchev–Trinajstić information content (AvgIpc) is 2.63. The summed E-state index contributed by atoms with van der Waals surface area (Å²) in [5.41, 5.74) is 2.18. The monoisotopic (exact) mass is 337 g/mol. The van der Waals surface area contributed by atoms with Gasteiger partial charge in [0.15, 0.2) is 0 Å². The van der Waals surface area contributed by atoms with Crippen LogP contribution in [0.25, 0.3) is 0 Å². The Morgan fingerprint density at radius 2 is 1.64 bits per heavy atom. The fraction of sp³-hybridized carbons (Fsp3) is 0.333. The van der Waals surface area contributed by atoms with Crippen LogP contribution in [0.2, 0.25) is 0 Å². The van der Waals surface area contributed by atoms with Crippen molar-refractivity contribution in [3.8, 4) is 0 Å². The van der Waals surface area contributed by atoms with Crippen molar-refractivity contribution in [1.29, 1.82) is 0 Å². The van der Waals surface area contributed by atoms with Gasteiger partial charge in [0.25, 0.3) is 5.91 Å². The van der Waals surface area contributed by atoms with E-state index in [0.717, 1.165) is 12.1 Å². The average molecular weight is 337 g/mol. The number of carbonyl (C=O) groups is 2. The number of esters is 1. The van der Waals surface area contributed by atoms with Crippen LogP contribution in [-0.4, -0.2) is 30.4 Å². The van der Waals surface area contributed by atoms with Crippen LogP contribution in [0.15, 0.2) is 54.6 Å². The number of ether oxygens (including phenoxy) is 1. The zero-order chi connectivity index (χ0) is 17.6. The molecule has 1 saturated carbocycles. The van der Waals surface area contributed by atoms with E-state index in [1.54, 1.807) is 24.3 Å². The molecule has 0 aromatic heterocycles. The highest BCUT2D eigenvalue weighted by Gasteiger charge is 2.24. The molecule has 0 spiro atoms. The second-order valence-corrected chi connectivity index (χ2v) is 6.54. The SMILES string of the molecule is COC(=O)c1ccc(C(=O)N(Cc2ccccc2)CC2CCC2)cc1. The molecule has 4 heteroatoms. The number of rotatable bonds is 6. The van der Waals surface area contributed by atoms with Gasteiger partial charge in [-0.1, -0.05) is 36.8 Å². The molecule has 0 atom stereocenters. The van der Waals surface area contributed by atoms with Crippen molar-refractivity contribution in [1.82, 2.24) is 4.90 Å². The number of carbonyl (C=O) groups excluding carboxylic acids is 2. The normalized spacial score (nSPS) is 13.8. The number of nitrogens with zero attached hydrogens (tertiary/aromatic N) is 1. The predicted octanol–water partition coefficient (Wildman–Crippen LogP) is 3.92. The number of amides is 1. The van der Waals surface area contributed by atoms with Gasteiger partial charge in [-0.25, -0.2) is 4.79 Å². The molecule has 0 aliphatic heterocycles. The van der Waals surface area contributed by atoms with Crippen LogP contribution >= 0.6 is 0 Å². The molecule has 0 heterocycles. The van der Waals surface area contributed by atoms with Gasteiger partial charge in [0.2, 0.25) is 0 Å². The third-order valence-electron chi connectivity index (χ3n) is 4.76. The van der Waals surface area contributed by atoms with Crippen molar-refractivity contribution < 1.29 is 14.3 Å². The molecule has 25 heavy (non-hydrogen) atoms. The Hall–Kier alpha value is -2.62. The van der Waals surface area contributed by atoms with Gasteiger partial charge >= 0.3 is 5.97 Å². The fourth-order valence-corrected chi connectivity index (χ4v) is 3.06. The molecule has 0 radical (unpaired) electrons. The van der Waals surface area contributed by atoms with Crippen molar-refractivity contribution in [2.24, 2.45) is 5.92 Å². The lowest BCUT2D eigenvalue weighted by Gasteiger charge is -2.32. The van der Waals surface area contributed by atoms with Crippen LogP contribution in [0.3, 0.4) is 0 Å². The van der Waals surface area contributed by atoms with Gasteiger partial charge < -0.3 is 9.64 Å². The van der Waals surface area contributed by atoms with E-state index in [-0.39, 0.29) is 5.91 Å². The molecule has 3 rings (SSSR count). The third kappa shape index (κ3) is 4.27. The van der Waals surface area contributed by atoms with E-state index in [1.807, 2.05) is 35.2 Å². The molecule has 2 aromatic carbocycles. The van der Waals surface area contributed by atoms with Crippen LogP contribution in [0, 0.1) is 5.92 Å². The second-order valence-electron chi connectivity index (χ2n) is 6.54. The Morgan fingerprint density at radius 1 is 1.00 bits per heavy atom. The third-order valence-corrected chi connectivity index (χ3v) is 4.76. The fourth-order valence-electron chi connectivity index (χ4n) is 3.06. The Morgan fingerprint density at radius 3 is 2.20 bits per heavy atom. The number of hydrogen-bond acceptors (Lipinski definition) is 3. The predicted molar refractivity (Wildman–Crippen MR) is 96.3 cm³/mol. The zero-order valence-corrected chi connectivity index (χ0v) is 14.5. The Bertz CT molecular complexity index is 721. The molecule has 1 fully saturated rings. The first-order chi connectivity index (χ1) is 12.2. The highest BCUT2D eigenvalue weighted by Crippen LogP contribution is 2.28. The van der Waals surface area contributed by atoms with Crippen LogP contribution in [0.4, 0.5) is 0 Å². The molecule has 4 nitrogen and oxygen atoms in total. The Balaban J connectivity index is 1.76. The number of hydrogen-bond donors (Lipinski definition) is 0. The maximum absolute atomic E-state index is 13.0. The van der Waals surface area contributed by atoms with Crippen LogP contribution in [0.5, 0.6) is 0 Å². The first-order valence-corrected chi connectivity index (χ1v) is 8.69. The largest absolute Gasteiger partial charge is 0.465 e. The molecule has 0 N–H and O–H groups in total. The van der Waals surface area contributed by atoms with E-state index in [9.17, 15) is 9.59 Å². The minimum Gasteiger partial charge on any atom is -0.465 e. The summed E-state index contributed by atoms with van der Waals surface area (Å²) in [5.74, 6) is 0.212. The maximum atomic E-state index is 13.0. The zero-order valence-electron chi connectivity index (χ0n) is 14.5. The van der Waals surface area contributed by atoms with Crippen LogP contribution < -0.4 is 0 Å². The first-order valence-electron chi connectivity index (χ1n) is 8.69. The van der Waals surface area contributed by atoms with Crippen molar-refractivity contribution in [2.75, 3.05) is 13.7 Å². The first kappa shape index (κ1) is 17.2. The summed E-state index contributed by atoms with van der Waals surface area (Å²) in [7, 11) is 1.35. The summed E-state index contributed by atoms with van der Waals surface area (Å²) in [5, 5.41) is 0. The van der Waals surface area contributed by atoms with E-state index in [2.05, 4.69) is 0 Å². The molecular weight excluding hydrogens is 314 g/mol. The molecule has 1 aliphatic rings. The van der Waals surface area contributed by atoms with Gasteiger partial charge in [-0.2, -0.15) is 0 Å². The van der Waals surface area contributed by atoms with Crippen LogP contribution in [-0.2, 0) is 11.3 Å². The van der Waals surface area contributed by atoms with E-state index in [0.29, 0.717) is 23.6 Å².